The zero-order chi connectivity index (χ0) is 12.8. The summed E-state index contributed by atoms with van der Waals surface area (Å²) in [6, 6.07) is 10.2. The Morgan fingerprint density at radius 3 is 2.83 bits per heavy atom. The average Bonchev–Trinajstić information content (AvgIpc) is 2.88. The van der Waals surface area contributed by atoms with E-state index in [4.69, 9.17) is 9.47 Å². The second-order valence-corrected chi connectivity index (χ2v) is 5.74. The Morgan fingerprint density at radius 1 is 1.28 bits per heavy atom. The molecule has 0 radical (unpaired) electrons. The van der Waals surface area contributed by atoms with Crippen LogP contribution in [-0.4, -0.2) is 13.7 Å². The first-order valence-electron chi connectivity index (χ1n) is 5.72. The van der Waals surface area contributed by atoms with Crippen molar-refractivity contribution in [3.05, 3.63) is 50.6 Å². The number of hydrogen-bond donors (Lipinski definition) is 0. The largest absolute Gasteiger partial charge is 0.496 e. The highest BCUT2D eigenvalue weighted by atomic mass is 79.9. The van der Waals surface area contributed by atoms with Crippen LogP contribution >= 0.6 is 27.3 Å². The van der Waals surface area contributed by atoms with Gasteiger partial charge in [-0.3, -0.25) is 0 Å². The predicted octanol–water partition coefficient (Wildman–Crippen LogP) is 4.28. The van der Waals surface area contributed by atoms with Crippen LogP contribution in [0.4, 0.5) is 0 Å². The van der Waals surface area contributed by atoms with Crippen molar-refractivity contribution in [3.8, 4) is 5.75 Å². The molecule has 18 heavy (non-hydrogen) atoms. The van der Waals surface area contributed by atoms with Crippen molar-refractivity contribution in [3.63, 3.8) is 0 Å². The maximum atomic E-state index is 5.67. The molecule has 0 spiro atoms. The van der Waals surface area contributed by atoms with E-state index in [-0.39, 0.29) is 0 Å². The first kappa shape index (κ1) is 13.6. The van der Waals surface area contributed by atoms with Crippen LogP contribution < -0.4 is 4.74 Å². The van der Waals surface area contributed by atoms with E-state index in [2.05, 4.69) is 33.4 Å². The van der Waals surface area contributed by atoms with Gasteiger partial charge in [-0.15, -0.1) is 11.3 Å². The van der Waals surface area contributed by atoms with Crippen molar-refractivity contribution in [1.82, 2.24) is 0 Å². The monoisotopic (exact) mass is 326 g/mol. The number of benzene rings is 1. The fourth-order valence-corrected chi connectivity index (χ4v) is 2.90. The normalized spacial score (nSPS) is 10.6. The Morgan fingerprint density at radius 2 is 2.17 bits per heavy atom. The maximum absolute atomic E-state index is 5.67. The first-order chi connectivity index (χ1) is 8.79. The van der Waals surface area contributed by atoms with E-state index in [1.54, 1.807) is 18.4 Å². The minimum absolute atomic E-state index is 0.633. The highest BCUT2D eigenvalue weighted by molar-refractivity contribution is 9.10. The minimum Gasteiger partial charge on any atom is -0.496 e. The molecule has 0 atom stereocenters. The Balaban J connectivity index is 1.78. The van der Waals surface area contributed by atoms with Gasteiger partial charge >= 0.3 is 0 Å². The molecular formula is C14H15BrO2S. The third kappa shape index (κ3) is 3.83. The zero-order valence-electron chi connectivity index (χ0n) is 10.2. The van der Waals surface area contributed by atoms with Gasteiger partial charge in [0.05, 0.1) is 24.8 Å². The molecule has 2 rings (SSSR count). The molecule has 0 aliphatic rings. The van der Waals surface area contributed by atoms with Crippen LogP contribution in [0.2, 0.25) is 0 Å². The van der Waals surface area contributed by atoms with E-state index in [1.165, 1.54) is 4.88 Å². The van der Waals surface area contributed by atoms with Crippen molar-refractivity contribution in [2.75, 3.05) is 13.7 Å². The number of ether oxygens (including phenoxy) is 2. The summed E-state index contributed by atoms with van der Waals surface area (Å²) >= 11 is 5.24. The molecule has 0 saturated carbocycles. The van der Waals surface area contributed by atoms with E-state index < -0.39 is 0 Å². The highest BCUT2D eigenvalue weighted by Gasteiger charge is 2.01. The summed E-state index contributed by atoms with van der Waals surface area (Å²) < 4.78 is 11.8. The van der Waals surface area contributed by atoms with Crippen LogP contribution in [0.5, 0.6) is 5.75 Å². The molecule has 96 valence electrons. The van der Waals surface area contributed by atoms with Gasteiger partial charge < -0.3 is 9.47 Å². The number of hydrogen-bond acceptors (Lipinski definition) is 3. The van der Waals surface area contributed by atoms with E-state index in [0.29, 0.717) is 6.61 Å². The summed E-state index contributed by atoms with van der Waals surface area (Å²) in [5.41, 5.74) is 1.15. The molecule has 0 fully saturated rings. The number of methoxy groups -OCH3 is 1. The lowest BCUT2D eigenvalue weighted by molar-refractivity contribution is 0.124. The van der Waals surface area contributed by atoms with Gasteiger partial charge in [0.1, 0.15) is 5.75 Å². The van der Waals surface area contributed by atoms with Crippen LogP contribution in [0, 0.1) is 0 Å². The van der Waals surface area contributed by atoms with Gasteiger partial charge in [0, 0.05) is 11.3 Å². The van der Waals surface area contributed by atoms with E-state index >= 15 is 0 Å². The fourth-order valence-electron chi connectivity index (χ4n) is 1.62. The van der Waals surface area contributed by atoms with Crippen molar-refractivity contribution in [2.24, 2.45) is 0 Å². The molecule has 0 N–H and O–H groups in total. The molecule has 1 aromatic carbocycles. The quantitative estimate of drug-likeness (QED) is 0.738. The summed E-state index contributed by atoms with van der Waals surface area (Å²) in [4.78, 5) is 1.37. The van der Waals surface area contributed by atoms with Gasteiger partial charge in [-0.1, -0.05) is 12.1 Å². The summed E-state index contributed by atoms with van der Waals surface area (Å²) in [6.07, 6.45) is 0.981. The molecule has 4 heteroatoms. The fraction of sp³-hybridized carbons (Fsp3) is 0.286. The lowest BCUT2D eigenvalue weighted by Gasteiger charge is -2.07. The SMILES string of the molecule is COc1ccc(COCCc2cccs2)cc1Br. The molecule has 0 bridgehead atoms. The molecule has 2 nitrogen and oxygen atoms in total. The van der Waals surface area contributed by atoms with Gasteiger partial charge in [0.25, 0.3) is 0 Å². The van der Waals surface area contributed by atoms with Crippen molar-refractivity contribution >= 4 is 27.3 Å². The molecule has 0 aliphatic heterocycles. The molecular weight excluding hydrogens is 312 g/mol. The summed E-state index contributed by atoms with van der Waals surface area (Å²) in [6.45, 7) is 1.39. The van der Waals surface area contributed by atoms with Crippen LogP contribution in [0.15, 0.2) is 40.2 Å². The predicted molar refractivity (Wildman–Crippen MR) is 78.4 cm³/mol. The smallest absolute Gasteiger partial charge is 0.133 e. The van der Waals surface area contributed by atoms with Gasteiger partial charge in [-0.2, -0.15) is 0 Å². The molecule has 0 saturated heterocycles. The second-order valence-electron chi connectivity index (χ2n) is 3.85. The van der Waals surface area contributed by atoms with Crippen molar-refractivity contribution in [1.29, 1.82) is 0 Å². The average molecular weight is 327 g/mol. The second kappa shape index (κ2) is 6.92. The Kier molecular flexibility index (Phi) is 5.23. The van der Waals surface area contributed by atoms with Gasteiger partial charge in [-0.25, -0.2) is 0 Å². The van der Waals surface area contributed by atoms with Crippen LogP contribution in [0.3, 0.4) is 0 Å². The molecule has 2 aromatic rings. The topological polar surface area (TPSA) is 18.5 Å². The number of thiophene rings is 1. The third-order valence-electron chi connectivity index (χ3n) is 2.56. The Hall–Kier alpha value is -0.840. The highest BCUT2D eigenvalue weighted by Crippen LogP contribution is 2.25. The van der Waals surface area contributed by atoms with Crippen LogP contribution in [-0.2, 0) is 17.8 Å². The summed E-state index contributed by atoms with van der Waals surface area (Å²) in [5.74, 6) is 0.845. The minimum atomic E-state index is 0.633. The van der Waals surface area contributed by atoms with Gasteiger partial charge in [-0.05, 0) is 45.1 Å². The lowest BCUT2D eigenvalue weighted by Crippen LogP contribution is -1.98. The van der Waals surface area contributed by atoms with E-state index in [1.807, 2.05) is 18.2 Å². The molecule has 0 aliphatic carbocycles. The molecule has 0 unspecified atom stereocenters. The van der Waals surface area contributed by atoms with Crippen LogP contribution in [0.25, 0.3) is 0 Å². The van der Waals surface area contributed by atoms with Crippen LogP contribution in [0.1, 0.15) is 10.4 Å². The number of rotatable bonds is 6. The molecule has 0 amide bonds. The molecule has 1 heterocycles. The zero-order valence-corrected chi connectivity index (χ0v) is 12.6. The van der Waals surface area contributed by atoms with E-state index in [0.717, 1.165) is 28.8 Å². The van der Waals surface area contributed by atoms with Crippen molar-refractivity contribution in [2.45, 2.75) is 13.0 Å². The Labute approximate surface area is 120 Å². The Bertz CT molecular complexity index is 483. The summed E-state index contributed by atoms with van der Waals surface area (Å²) in [7, 11) is 1.66. The van der Waals surface area contributed by atoms with Crippen molar-refractivity contribution < 1.29 is 9.47 Å². The third-order valence-corrected chi connectivity index (χ3v) is 4.11. The standard InChI is InChI=1S/C14H15BrO2S/c1-16-14-5-4-11(9-13(14)15)10-17-7-6-12-3-2-8-18-12/h2-5,8-9H,6-7,10H2,1H3. The summed E-state index contributed by atoms with van der Waals surface area (Å²) in [5, 5.41) is 2.09. The molecule has 1 aromatic heterocycles. The lowest BCUT2D eigenvalue weighted by atomic mass is 10.2. The van der Waals surface area contributed by atoms with Gasteiger partial charge in [0.15, 0.2) is 0 Å². The maximum Gasteiger partial charge on any atom is 0.133 e. The van der Waals surface area contributed by atoms with Gasteiger partial charge in [0.2, 0.25) is 0 Å². The van der Waals surface area contributed by atoms with E-state index in [9.17, 15) is 0 Å². The number of halogens is 1. The first-order valence-corrected chi connectivity index (χ1v) is 7.39.